The van der Waals surface area contributed by atoms with E-state index in [1.807, 2.05) is 0 Å². The molecule has 0 heterocycles. The molecule has 6 saturated carbocycles. The molecule has 4 bridgehead atoms. The SMILES string of the molecule is CC[C@@]1(C(=O)[C@]2(CC)CC[C@H]3C(C)(C)[C@@H]4C[C@@]32CC[C@H]4C)CC[C@H]2C(C)(C)[C@@H]3C[C@@]21CC[C@H]3C. The standard InChI is InChI=1S/C33H54O/c1-9-30(17-13-25-28(5,6)23-19-32(25,30)15-11-21(23)3)27(34)31(10-2)18-14-26-29(7,8)24-20-33(26,31)16-12-22(24)4/h21-26H,9-20H2,1-8H3/t21-,22-,23-,24-,25+,26+,30+,31+,32+,33+/m1/s1. The van der Waals surface area contributed by atoms with Gasteiger partial charge in [-0.05, 0) is 134 Å². The van der Waals surface area contributed by atoms with Gasteiger partial charge in [0.05, 0.1) is 0 Å². The number of rotatable bonds is 4. The molecule has 10 atom stereocenters. The zero-order valence-corrected chi connectivity index (χ0v) is 23.9. The first kappa shape index (κ1) is 24.0. The minimum Gasteiger partial charge on any atom is -0.298 e. The Morgan fingerprint density at radius 3 is 1.38 bits per heavy atom. The second-order valence-corrected chi connectivity index (χ2v) is 16.0. The zero-order valence-electron chi connectivity index (χ0n) is 23.9. The number of ketones is 1. The van der Waals surface area contributed by atoms with Gasteiger partial charge >= 0.3 is 0 Å². The Balaban J connectivity index is 1.48. The highest BCUT2D eigenvalue weighted by Gasteiger charge is 2.78. The van der Waals surface area contributed by atoms with Crippen molar-refractivity contribution in [3.05, 3.63) is 0 Å². The first-order valence-electron chi connectivity index (χ1n) is 15.4. The molecular formula is C33H54O. The van der Waals surface area contributed by atoms with E-state index in [-0.39, 0.29) is 10.8 Å². The lowest BCUT2D eigenvalue weighted by atomic mass is 9.46. The van der Waals surface area contributed by atoms with E-state index in [1.54, 1.807) is 0 Å². The summed E-state index contributed by atoms with van der Waals surface area (Å²) in [5.41, 5.74) is 1.31. The summed E-state index contributed by atoms with van der Waals surface area (Å²) in [6.07, 6.45) is 15.3. The topological polar surface area (TPSA) is 17.1 Å². The second kappa shape index (κ2) is 6.95. The maximum absolute atomic E-state index is 15.6. The summed E-state index contributed by atoms with van der Waals surface area (Å²) in [6.45, 7) is 20.3. The third kappa shape index (κ3) is 2.31. The van der Waals surface area contributed by atoms with Gasteiger partial charge in [0.2, 0.25) is 0 Å². The fraction of sp³-hybridized carbons (Fsp3) is 0.970. The van der Waals surface area contributed by atoms with Crippen LogP contribution in [-0.2, 0) is 4.79 Å². The van der Waals surface area contributed by atoms with Gasteiger partial charge in [-0.25, -0.2) is 0 Å². The highest BCUT2D eigenvalue weighted by molar-refractivity contribution is 5.93. The molecule has 6 fully saturated rings. The molecule has 0 aromatic carbocycles. The van der Waals surface area contributed by atoms with Gasteiger partial charge in [-0.2, -0.15) is 0 Å². The smallest absolute Gasteiger partial charge is 0.146 e. The van der Waals surface area contributed by atoms with Gasteiger partial charge in [-0.3, -0.25) is 4.79 Å². The van der Waals surface area contributed by atoms with Crippen LogP contribution >= 0.6 is 0 Å². The Hall–Kier alpha value is -0.330. The summed E-state index contributed by atoms with van der Waals surface area (Å²) in [6, 6.07) is 0. The Morgan fingerprint density at radius 2 is 1.03 bits per heavy atom. The van der Waals surface area contributed by atoms with Gasteiger partial charge < -0.3 is 0 Å². The van der Waals surface area contributed by atoms with E-state index in [1.165, 1.54) is 64.2 Å². The predicted octanol–water partition coefficient (Wildman–Crippen LogP) is 9.09. The number of carbonyl (C=O) groups excluding carboxylic acids is 1. The number of hydrogen-bond acceptors (Lipinski definition) is 1. The molecular weight excluding hydrogens is 412 g/mol. The van der Waals surface area contributed by atoms with Crippen LogP contribution in [0.25, 0.3) is 0 Å². The molecule has 6 aliphatic carbocycles. The molecule has 0 aromatic heterocycles. The van der Waals surface area contributed by atoms with Gasteiger partial charge in [0.15, 0.2) is 0 Å². The average molecular weight is 467 g/mol. The molecule has 6 aliphatic rings. The number of fused-ring (bicyclic) bond motifs is 2. The predicted molar refractivity (Wildman–Crippen MR) is 141 cm³/mol. The van der Waals surface area contributed by atoms with Crippen LogP contribution in [0.2, 0.25) is 0 Å². The fourth-order valence-electron chi connectivity index (χ4n) is 14.0. The highest BCUT2D eigenvalue weighted by atomic mass is 16.1. The van der Waals surface area contributed by atoms with Crippen LogP contribution in [0.15, 0.2) is 0 Å². The summed E-state index contributed by atoms with van der Waals surface area (Å²) in [4.78, 5) is 15.6. The maximum Gasteiger partial charge on any atom is 0.146 e. The Morgan fingerprint density at radius 1 is 0.647 bits per heavy atom. The zero-order chi connectivity index (χ0) is 24.5. The molecule has 1 nitrogen and oxygen atoms in total. The van der Waals surface area contributed by atoms with E-state index < -0.39 is 0 Å². The molecule has 0 aliphatic heterocycles. The van der Waals surface area contributed by atoms with Crippen molar-refractivity contribution in [1.29, 1.82) is 0 Å². The molecule has 0 amide bonds. The summed E-state index contributed by atoms with van der Waals surface area (Å²) >= 11 is 0. The number of carbonyl (C=O) groups is 1. The Labute approximate surface area is 211 Å². The van der Waals surface area contributed by atoms with Crippen LogP contribution in [0.3, 0.4) is 0 Å². The van der Waals surface area contributed by atoms with E-state index >= 15 is 4.79 Å². The molecule has 6 rings (SSSR count). The molecule has 0 saturated heterocycles. The Bertz CT molecular complexity index is 813. The normalized spacial score (nSPS) is 56.4. The van der Waals surface area contributed by atoms with Crippen molar-refractivity contribution in [3.63, 3.8) is 0 Å². The molecule has 34 heavy (non-hydrogen) atoms. The van der Waals surface area contributed by atoms with E-state index in [0.29, 0.717) is 21.7 Å². The lowest BCUT2D eigenvalue weighted by Gasteiger charge is -2.56. The van der Waals surface area contributed by atoms with Crippen LogP contribution in [0.4, 0.5) is 0 Å². The molecule has 1 heteroatoms. The van der Waals surface area contributed by atoms with E-state index in [2.05, 4.69) is 55.4 Å². The van der Waals surface area contributed by atoms with Gasteiger partial charge in [-0.15, -0.1) is 0 Å². The van der Waals surface area contributed by atoms with Crippen molar-refractivity contribution < 1.29 is 4.79 Å². The van der Waals surface area contributed by atoms with Crippen LogP contribution in [0.1, 0.15) is 132 Å². The third-order valence-electron chi connectivity index (χ3n) is 15.4. The third-order valence-corrected chi connectivity index (χ3v) is 15.4. The number of Topliss-reactive ketones (excluding diaryl/α,β-unsaturated/α-hetero) is 1. The largest absolute Gasteiger partial charge is 0.298 e. The van der Waals surface area contributed by atoms with Crippen molar-refractivity contribution >= 4 is 5.78 Å². The van der Waals surface area contributed by atoms with Gasteiger partial charge in [-0.1, -0.05) is 55.4 Å². The van der Waals surface area contributed by atoms with Gasteiger partial charge in [0, 0.05) is 10.8 Å². The van der Waals surface area contributed by atoms with Crippen molar-refractivity contribution in [2.75, 3.05) is 0 Å². The summed E-state index contributed by atoms with van der Waals surface area (Å²) in [5.74, 6) is 5.66. The van der Waals surface area contributed by atoms with Gasteiger partial charge in [0.25, 0.3) is 0 Å². The second-order valence-electron chi connectivity index (χ2n) is 16.0. The van der Waals surface area contributed by atoms with Crippen LogP contribution < -0.4 is 0 Å². The fourth-order valence-corrected chi connectivity index (χ4v) is 14.0. The quantitative estimate of drug-likeness (QED) is 0.404. The minimum absolute atomic E-state index is 0.0469. The summed E-state index contributed by atoms with van der Waals surface area (Å²) in [7, 11) is 0. The van der Waals surface area contributed by atoms with Crippen LogP contribution in [0.5, 0.6) is 0 Å². The minimum atomic E-state index is -0.0469. The molecule has 192 valence electrons. The molecule has 0 radical (unpaired) electrons. The van der Waals surface area contributed by atoms with Crippen LogP contribution in [-0.4, -0.2) is 5.78 Å². The molecule has 0 aromatic rings. The molecule has 2 spiro atoms. The van der Waals surface area contributed by atoms with Crippen molar-refractivity contribution in [3.8, 4) is 0 Å². The lowest BCUT2D eigenvalue weighted by molar-refractivity contribution is -0.160. The van der Waals surface area contributed by atoms with Gasteiger partial charge in [0.1, 0.15) is 5.78 Å². The lowest BCUT2D eigenvalue weighted by Crippen LogP contribution is -2.57. The van der Waals surface area contributed by atoms with E-state index in [0.717, 1.165) is 54.1 Å². The van der Waals surface area contributed by atoms with Crippen molar-refractivity contribution in [1.82, 2.24) is 0 Å². The number of hydrogen-bond donors (Lipinski definition) is 0. The summed E-state index contributed by atoms with van der Waals surface area (Å²) in [5, 5.41) is 0. The first-order chi connectivity index (χ1) is 15.9. The van der Waals surface area contributed by atoms with Crippen molar-refractivity contribution in [2.24, 2.45) is 68.0 Å². The summed E-state index contributed by atoms with van der Waals surface area (Å²) < 4.78 is 0. The van der Waals surface area contributed by atoms with Crippen molar-refractivity contribution in [2.45, 2.75) is 132 Å². The maximum atomic E-state index is 15.6. The monoisotopic (exact) mass is 466 g/mol. The molecule has 0 unspecified atom stereocenters. The average Bonchev–Trinajstić information content (AvgIpc) is 3.41. The van der Waals surface area contributed by atoms with E-state index in [9.17, 15) is 0 Å². The highest BCUT2D eigenvalue weighted by Crippen LogP contribution is 2.82. The van der Waals surface area contributed by atoms with E-state index in [4.69, 9.17) is 0 Å². The van der Waals surface area contributed by atoms with Crippen LogP contribution in [0, 0.1) is 68.0 Å². The first-order valence-corrected chi connectivity index (χ1v) is 15.4. The molecule has 0 N–H and O–H groups in total. The Kier molecular flexibility index (Phi) is 4.91.